The fourth-order valence-corrected chi connectivity index (χ4v) is 5.15. The molecule has 0 aliphatic carbocycles. The lowest BCUT2D eigenvalue weighted by Crippen LogP contribution is -2.55. The number of alkyl carbamates (subject to hydrolysis) is 1. The molecular weight excluding hydrogens is 568 g/mol. The maximum Gasteiger partial charge on any atom is 0.411 e. The highest BCUT2D eigenvalue weighted by Gasteiger charge is 2.44. The van der Waals surface area contributed by atoms with E-state index in [9.17, 15) is 24.0 Å². The van der Waals surface area contributed by atoms with Gasteiger partial charge in [0.1, 0.15) is 23.8 Å². The highest BCUT2D eigenvalue weighted by Crippen LogP contribution is 2.24. The molecule has 2 atom stereocenters. The molecule has 13 heteroatoms. The fourth-order valence-electron chi connectivity index (χ4n) is 5.15. The van der Waals surface area contributed by atoms with E-state index < -0.39 is 41.4 Å². The second-order valence-electron chi connectivity index (χ2n) is 13.0. The minimum atomic E-state index is -0.860. The summed E-state index contributed by atoms with van der Waals surface area (Å²) in [5.41, 5.74) is -0.207. The molecule has 2 N–H and O–H groups in total. The van der Waals surface area contributed by atoms with E-state index >= 15 is 0 Å². The van der Waals surface area contributed by atoms with Crippen LogP contribution in [0.25, 0.3) is 10.9 Å². The van der Waals surface area contributed by atoms with Gasteiger partial charge in [-0.15, -0.1) is 0 Å². The maximum absolute atomic E-state index is 13.7. The first-order chi connectivity index (χ1) is 20.6. The van der Waals surface area contributed by atoms with Crippen LogP contribution >= 0.6 is 0 Å². The number of piperazine rings is 1. The zero-order valence-corrected chi connectivity index (χ0v) is 26.2. The van der Waals surface area contributed by atoms with Crippen molar-refractivity contribution < 1.29 is 33.4 Å². The van der Waals surface area contributed by atoms with Gasteiger partial charge in [-0.05, 0) is 60.1 Å². The Hall–Kier alpha value is -4.42. The summed E-state index contributed by atoms with van der Waals surface area (Å²) >= 11 is 0. The van der Waals surface area contributed by atoms with Gasteiger partial charge in [0.05, 0.1) is 11.1 Å². The Bertz CT molecular complexity index is 1410. The van der Waals surface area contributed by atoms with Crippen LogP contribution in [0.2, 0.25) is 0 Å². The summed E-state index contributed by atoms with van der Waals surface area (Å²) in [4.78, 5) is 73.6. The standard InChI is InChI=1S/C31H42N6O7/c1-30(2,3)43-28(41)33-18-25(38)34-22-16-24(37(19-22)29(42)44-31(4,5)6)27(40)36-13-11-35(12-14-36)26(39)21-15-20-9-7-8-10-23(20)32-17-21/h7-10,15,17,22,24H,11-14,16,18-19H2,1-6H3,(H,33,41)(H,34,38)/t22?,24-/m1/s1. The summed E-state index contributed by atoms with van der Waals surface area (Å²) in [5, 5.41) is 6.08. The number of hydrogen-bond donors (Lipinski definition) is 2. The average molecular weight is 611 g/mol. The first kappa shape index (κ1) is 32.5. The largest absolute Gasteiger partial charge is 0.444 e. The average Bonchev–Trinajstić information content (AvgIpc) is 3.37. The number of fused-ring (bicyclic) bond motifs is 1. The predicted octanol–water partition coefficient (Wildman–Crippen LogP) is 2.54. The van der Waals surface area contributed by atoms with Crippen molar-refractivity contribution >= 4 is 40.8 Å². The van der Waals surface area contributed by atoms with Gasteiger partial charge in [-0.25, -0.2) is 9.59 Å². The van der Waals surface area contributed by atoms with E-state index in [0.717, 1.165) is 10.9 Å². The Balaban J connectivity index is 1.37. The SMILES string of the molecule is CC(C)(C)OC(=O)NCC(=O)NC1C[C@H](C(=O)N2CCN(C(=O)c3cnc4ccccc4c3)CC2)N(C(=O)OC(C)(C)C)C1. The monoisotopic (exact) mass is 610 g/mol. The van der Waals surface area contributed by atoms with E-state index in [1.54, 1.807) is 57.5 Å². The van der Waals surface area contributed by atoms with Crippen molar-refractivity contribution in [3.63, 3.8) is 0 Å². The van der Waals surface area contributed by atoms with Crippen molar-refractivity contribution in [1.29, 1.82) is 0 Å². The molecule has 0 radical (unpaired) electrons. The molecule has 238 valence electrons. The van der Waals surface area contributed by atoms with E-state index in [4.69, 9.17) is 9.47 Å². The van der Waals surface area contributed by atoms with E-state index in [-0.39, 0.29) is 31.3 Å². The van der Waals surface area contributed by atoms with Crippen molar-refractivity contribution in [3.8, 4) is 0 Å². The van der Waals surface area contributed by atoms with Crippen LogP contribution in [-0.2, 0) is 19.1 Å². The second-order valence-corrected chi connectivity index (χ2v) is 13.0. The molecule has 2 saturated heterocycles. The zero-order valence-electron chi connectivity index (χ0n) is 26.2. The lowest BCUT2D eigenvalue weighted by molar-refractivity contribution is -0.137. The lowest BCUT2D eigenvalue weighted by Gasteiger charge is -2.37. The number of aromatic nitrogens is 1. The molecule has 5 amide bonds. The topological polar surface area (TPSA) is 150 Å². The minimum Gasteiger partial charge on any atom is -0.444 e. The molecule has 2 fully saturated rings. The summed E-state index contributed by atoms with van der Waals surface area (Å²) in [6.45, 7) is 11.3. The normalized spacial score (nSPS) is 19.0. The van der Waals surface area contributed by atoms with Crippen LogP contribution in [0.5, 0.6) is 0 Å². The molecule has 2 aliphatic rings. The third-order valence-electron chi connectivity index (χ3n) is 7.09. The van der Waals surface area contributed by atoms with Gasteiger partial charge in [-0.3, -0.25) is 24.3 Å². The van der Waals surface area contributed by atoms with Gasteiger partial charge in [0.2, 0.25) is 11.8 Å². The van der Waals surface area contributed by atoms with Crippen molar-refractivity contribution in [1.82, 2.24) is 30.3 Å². The molecule has 0 saturated carbocycles. The number of pyridine rings is 1. The third-order valence-corrected chi connectivity index (χ3v) is 7.09. The molecule has 1 aromatic carbocycles. The van der Waals surface area contributed by atoms with Crippen molar-refractivity contribution in [3.05, 3.63) is 42.1 Å². The van der Waals surface area contributed by atoms with Gasteiger partial charge in [0.25, 0.3) is 5.91 Å². The number of amides is 5. The number of nitrogens with zero attached hydrogens (tertiary/aromatic N) is 4. The zero-order chi connectivity index (χ0) is 32.2. The predicted molar refractivity (Wildman–Crippen MR) is 162 cm³/mol. The van der Waals surface area contributed by atoms with Gasteiger partial charge < -0.3 is 29.9 Å². The molecule has 4 rings (SSSR count). The Kier molecular flexibility index (Phi) is 9.65. The molecule has 3 heterocycles. The minimum absolute atomic E-state index is 0.0664. The number of likely N-dealkylation sites (tertiary alicyclic amines) is 1. The number of benzene rings is 1. The van der Waals surface area contributed by atoms with Crippen LogP contribution in [0.1, 0.15) is 58.3 Å². The molecular formula is C31H42N6O7. The first-order valence-electron chi connectivity index (χ1n) is 14.8. The summed E-state index contributed by atoms with van der Waals surface area (Å²) in [6.07, 6.45) is 0.365. The highest BCUT2D eigenvalue weighted by atomic mass is 16.6. The smallest absolute Gasteiger partial charge is 0.411 e. The summed E-state index contributed by atoms with van der Waals surface area (Å²) in [5.74, 6) is -0.915. The van der Waals surface area contributed by atoms with Gasteiger partial charge in [0.15, 0.2) is 0 Å². The Morgan fingerprint density at radius 1 is 0.909 bits per heavy atom. The molecule has 0 spiro atoms. The third kappa shape index (κ3) is 8.57. The number of carbonyl (C=O) groups excluding carboxylic acids is 5. The summed E-state index contributed by atoms with van der Waals surface area (Å²) in [7, 11) is 0. The molecule has 2 aromatic rings. The first-order valence-corrected chi connectivity index (χ1v) is 14.8. The van der Waals surface area contributed by atoms with Crippen molar-refractivity contribution in [2.24, 2.45) is 0 Å². The number of carbonyl (C=O) groups is 5. The second kappa shape index (κ2) is 13.1. The Morgan fingerprint density at radius 3 is 2.20 bits per heavy atom. The van der Waals surface area contributed by atoms with E-state index in [2.05, 4.69) is 15.6 Å². The summed E-state index contributed by atoms with van der Waals surface area (Å²) in [6, 6.07) is 7.99. The van der Waals surface area contributed by atoms with Gasteiger partial charge in [0, 0.05) is 50.3 Å². The molecule has 13 nitrogen and oxygen atoms in total. The van der Waals surface area contributed by atoms with E-state index in [1.807, 2.05) is 30.3 Å². The fraction of sp³-hybridized carbons (Fsp3) is 0.548. The van der Waals surface area contributed by atoms with Crippen LogP contribution in [0, 0.1) is 0 Å². The molecule has 44 heavy (non-hydrogen) atoms. The molecule has 2 aliphatic heterocycles. The van der Waals surface area contributed by atoms with Crippen LogP contribution in [0.4, 0.5) is 9.59 Å². The number of nitrogens with one attached hydrogen (secondary N) is 2. The number of hydrogen-bond acceptors (Lipinski definition) is 8. The van der Waals surface area contributed by atoms with Gasteiger partial charge >= 0.3 is 12.2 Å². The van der Waals surface area contributed by atoms with Crippen molar-refractivity contribution in [2.75, 3.05) is 39.3 Å². The van der Waals surface area contributed by atoms with Crippen molar-refractivity contribution in [2.45, 2.75) is 71.2 Å². The van der Waals surface area contributed by atoms with Crippen LogP contribution in [0.3, 0.4) is 0 Å². The Labute approximate surface area is 257 Å². The molecule has 1 unspecified atom stereocenters. The Morgan fingerprint density at radius 2 is 1.55 bits per heavy atom. The van der Waals surface area contributed by atoms with Crippen LogP contribution < -0.4 is 10.6 Å². The van der Waals surface area contributed by atoms with Crippen LogP contribution in [0.15, 0.2) is 36.5 Å². The van der Waals surface area contributed by atoms with Crippen LogP contribution in [-0.4, -0.2) is 112 Å². The van der Waals surface area contributed by atoms with E-state index in [1.165, 1.54) is 4.90 Å². The number of para-hydroxylation sites is 1. The quantitative estimate of drug-likeness (QED) is 0.525. The lowest BCUT2D eigenvalue weighted by atomic mass is 10.1. The van der Waals surface area contributed by atoms with Gasteiger partial charge in [-0.1, -0.05) is 18.2 Å². The molecule has 1 aromatic heterocycles. The number of rotatable bonds is 5. The highest BCUT2D eigenvalue weighted by molar-refractivity contribution is 5.97. The molecule has 0 bridgehead atoms. The van der Waals surface area contributed by atoms with Gasteiger partial charge in [-0.2, -0.15) is 0 Å². The van der Waals surface area contributed by atoms with E-state index in [0.29, 0.717) is 31.7 Å². The number of ether oxygens (including phenoxy) is 2. The summed E-state index contributed by atoms with van der Waals surface area (Å²) < 4.78 is 10.7. The maximum atomic E-state index is 13.7.